The lowest BCUT2D eigenvalue weighted by Crippen LogP contribution is -2.35. The minimum atomic E-state index is -4.22. The second-order valence-corrected chi connectivity index (χ2v) is 11.0. The molecule has 1 aromatic heterocycles. The van der Waals surface area contributed by atoms with Crippen LogP contribution in [0.2, 0.25) is 0 Å². The zero-order valence-electron chi connectivity index (χ0n) is 18.4. The maximum atomic E-state index is 12.8. The highest BCUT2D eigenvalue weighted by Gasteiger charge is 2.34. The fourth-order valence-corrected chi connectivity index (χ4v) is 5.41. The Balaban J connectivity index is 1.61. The molecular weight excluding hydrogens is 416 g/mol. The number of carbonyl (C=O) groups excluding carboxylic acids is 1. The molecule has 1 atom stereocenters. The molecule has 2 amide bonds. The number of anilines is 1. The number of benzene rings is 1. The molecule has 2 aliphatic carbocycles. The zero-order valence-corrected chi connectivity index (χ0v) is 19.2. The molecule has 0 unspecified atom stereocenters. The number of rotatable bonds is 6. The molecule has 3 N–H and O–H groups in total. The van der Waals surface area contributed by atoms with Crippen LogP contribution in [-0.4, -0.2) is 19.6 Å². The van der Waals surface area contributed by atoms with Crippen molar-refractivity contribution in [3.63, 3.8) is 0 Å². The molecule has 168 valence electrons. The van der Waals surface area contributed by atoms with E-state index < -0.39 is 26.7 Å². The number of aliphatic hydroxyl groups is 1. The van der Waals surface area contributed by atoms with Gasteiger partial charge in [-0.05, 0) is 87.0 Å². The lowest BCUT2D eigenvalue weighted by molar-refractivity contribution is 0.0779. The third-order valence-electron chi connectivity index (χ3n) is 6.44. The fourth-order valence-electron chi connectivity index (χ4n) is 4.56. The monoisotopic (exact) mass is 446 g/mol. The molecular formula is C23H30N2O5S. The molecule has 1 fully saturated rings. The fraction of sp³-hybridized carbons (Fsp3) is 0.522. The number of furan rings is 1. The Bertz CT molecular complexity index is 1120. The van der Waals surface area contributed by atoms with Crippen LogP contribution in [0.25, 0.3) is 0 Å². The van der Waals surface area contributed by atoms with Gasteiger partial charge in [-0.1, -0.05) is 13.0 Å². The largest absolute Gasteiger partial charge is 0.451 e. The molecule has 7 nitrogen and oxygen atoms in total. The second-order valence-electron chi connectivity index (χ2n) is 9.37. The number of amides is 2. The van der Waals surface area contributed by atoms with Crippen molar-refractivity contribution in [1.29, 1.82) is 0 Å². The summed E-state index contributed by atoms with van der Waals surface area (Å²) in [6, 6.07) is 2.63. The van der Waals surface area contributed by atoms with Crippen LogP contribution in [0.5, 0.6) is 0 Å². The van der Waals surface area contributed by atoms with Crippen LogP contribution in [-0.2, 0) is 28.5 Å². The zero-order chi connectivity index (χ0) is 22.6. The molecule has 1 saturated carbocycles. The van der Waals surface area contributed by atoms with E-state index in [2.05, 4.69) is 30.0 Å². The van der Waals surface area contributed by atoms with E-state index in [0.717, 1.165) is 41.6 Å². The number of hydrogen-bond donors (Lipinski definition) is 3. The van der Waals surface area contributed by atoms with Crippen molar-refractivity contribution in [2.24, 2.45) is 5.92 Å². The topological polar surface area (TPSA) is 109 Å². The highest BCUT2D eigenvalue weighted by atomic mass is 32.2. The normalized spacial score (nSPS) is 17.3. The summed E-state index contributed by atoms with van der Waals surface area (Å²) >= 11 is 0. The highest BCUT2D eigenvalue weighted by Crippen LogP contribution is 2.47. The van der Waals surface area contributed by atoms with Crippen molar-refractivity contribution in [3.8, 4) is 0 Å². The first-order valence-electron chi connectivity index (χ1n) is 10.8. The van der Waals surface area contributed by atoms with Gasteiger partial charge in [-0.3, -0.25) is 0 Å². The van der Waals surface area contributed by atoms with Gasteiger partial charge in [0.05, 0.1) is 11.9 Å². The molecule has 0 bridgehead atoms. The van der Waals surface area contributed by atoms with Crippen LogP contribution in [0.1, 0.15) is 73.8 Å². The number of carbonyl (C=O) groups is 1. The number of fused-ring (bicyclic) bond motifs is 1. The van der Waals surface area contributed by atoms with E-state index in [9.17, 15) is 18.3 Å². The van der Waals surface area contributed by atoms with E-state index >= 15 is 0 Å². The lowest BCUT2D eigenvalue weighted by atomic mass is 9.87. The van der Waals surface area contributed by atoms with E-state index in [1.165, 1.54) is 44.6 Å². The van der Waals surface area contributed by atoms with Crippen molar-refractivity contribution in [3.05, 3.63) is 46.2 Å². The molecule has 0 radical (unpaired) electrons. The molecule has 1 heterocycles. The van der Waals surface area contributed by atoms with Gasteiger partial charge in [0.15, 0.2) is 0 Å². The summed E-state index contributed by atoms with van der Waals surface area (Å²) < 4.78 is 32.5. The van der Waals surface area contributed by atoms with E-state index in [1.807, 2.05) is 0 Å². The number of nitrogens with one attached hydrogen (secondary N) is 2. The molecule has 1 aromatic carbocycles. The van der Waals surface area contributed by atoms with Crippen molar-refractivity contribution in [1.82, 2.24) is 4.72 Å². The maximum Gasteiger partial charge on any atom is 0.333 e. The molecule has 0 saturated heterocycles. The van der Waals surface area contributed by atoms with Crippen molar-refractivity contribution in [2.45, 2.75) is 76.4 Å². The quantitative estimate of drug-likeness (QED) is 0.612. The Morgan fingerprint density at radius 1 is 1.26 bits per heavy atom. The summed E-state index contributed by atoms with van der Waals surface area (Å²) in [5.41, 5.74) is 4.40. The number of hydrogen-bond acceptors (Lipinski definition) is 5. The molecule has 0 spiro atoms. The van der Waals surface area contributed by atoms with Crippen molar-refractivity contribution < 1.29 is 22.7 Å². The smallest absolute Gasteiger partial charge is 0.333 e. The van der Waals surface area contributed by atoms with Crippen LogP contribution in [0, 0.1) is 12.8 Å². The summed E-state index contributed by atoms with van der Waals surface area (Å²) in [5, 5.41) is 12.5. The van der Waals surface area contributed by atoms with Gasteiger partial charge in [0.1, 0.15) is 0 Å². The van der Waals surface area contributed by atoms with Gasteiger partial charge in [0.25, 0.3) is 10.0 Å². The Kier molecular flexibility index (Phi) is 5.42. The van der Waals surface area contributed by atoms with Gasteiger partial charge in [-0.2, -0.15) is 8.42 Å². The van der Waals surface area contributed by atoms with Gasteiger partial charge in [0, 0.05) is 17.3 Å². The number of urea groups is 1. The minimum absolute atomic E-state index is 0.303. The Morgan fingerprint density at radius 3 is 2.58 bits per heavy atom. The Morgan fingerprint density at radius 2 is 1.97 bits per heavy atom. The third-order valence-corrected chi connectivity index (χ3v) is 7.64. The lowest BCUT2D eigenvalue weighted by Gasteiger charge is -2.23. The molecule has 4 rings (SSSR count). The Hall–Kier alpha value is -2.32. The van der Waals surface area contributed by atoms with Crippen LogP contribution >= 0.6 is 0 Å². The first-order valence-corrected chi connectivity index (χ1v) is 12.3. The first-order chi connectivity index (χ1) is 14.5. The number of sulfonamides is 1. The first kappa shape index (κ1) is 21.9. The maximum absolute atomic E-state index is 12.8. The van der Waals surface area contributed by atoms with E-state index in [1.54, 1.807) is 0 Å². The minimum Gasteiger partial charge on any atom is -0.451 e. The molecule has 2 aliphatic rings. The Labute approximate surface area is 183 Å². The van der Waals surface area contributed by atoms with E-state index in [0.29, 0.717) is 17.4 Å². The highest BCUT2D eigenvalue weighted by molar-refractivity contribution is 7.89. The van der Waals surface area contributed by atoms with E-state index in [-0.39, 0.29) is 0 Å². The summed E-state index contributed by atoms with van der Waals surface area (Å²) in [4.78, 5) is 12.8. The van der Waals surface area contributed by atoms with Gasteiger partial charge >= 0.3 is 6.03 Å². The average molecular weight is 447 g/mol. The van der Waals surface area contributed by atoms with Crippen LogP contribution in [0.15, 0.2) is 27.9 Å². The predicted octanol–water partition coefficient (Wildman–Crippen LogP) is 4.33. The molecule has 8 heteroatoms. The summed E-state index contributed by atoms with van der Waals surface area (Å²) in [6.45, 7) is 7.29. The van der Waals surface area contributed by atoms with Gasteiger partial charge < -0.3 is 14.8 Å². The standard InChI is InChI=1S/C23H30N2O5S/c1-13-10-16-6-5-7-18(16)21(20(13)14(2)15-8-9-15)24-22(26)25-31(28,29)19-11-17(12-30-19)23(3,4)27/h10-12,14-15,27H,5-9H2,1-4H3,(H2,24,25,26)/t14-/m1/s1. The summed E-state index contributed by atoms with van der Waals surface area (Å²) in [6.07, 6.45) is 6.40. The SMILES string of the molecule is Cc1cc2c(c(NC(=O)NS(=O)(=O)c3cc(C(C)(C)O)co3)c1[C@H](C)C1CC1)CCC2. The summed E-state index contributed by atoms with van der Waals surface area (Å²) in [7, 11) is -4.22. The van der Waals surface area contributed by atoms with Gasteiger partial charge in [-0.25, -0.2) is 9.52 Å². The van der Waals surface area contributed by atoms with Crippen molar-refractivity contribution in [2.75, 3.05) is 5.32 Å². The van der Waals surface area contributed by atoms with Crippen LogP contribution in [0.4, 0.5) is 10.5 Å². The van der Waals surface area contributed by atoms with Crippen LogP contribution in [0.3, 0.4) is 0 Å². The average Bonchev–Trinajstić information content (AvgIpc) is 3.17. The molecule has 2 aromatic rings. The molecule has 0 aliphatic heterocycles. The summed E-state index contributed by atoms with van der Waals surface area (Å²) in [5.74, 6) is 0.908. The van der Waals surface area contributed by atoms with Crippen LogP contribution < -0.4 is 10.0 Å². The second kappa shape index (κ2) is 7.67. The van der Waals surface area contributed by atoms with Crippen molar-refractivity contribution >= 4 is 21.7 Å². The molecule has 31 heavy (non-hydrogen) atoms. The van der Waals surface area contributed by atoms with Gasteiger partial charge in [0.2, 0.25) is 5.09 Å². The number of aryl methyl sites for hydroxylation is 2. The third kappa shape index (κ3) is 4.36. The van der Waals surface area contributed by atoms with E-state index in [4.69, 9.17) is 4.42 Å². The predicted molar refractivity (Wildman–Crippen MR) is 118 cm³/mol. The van der Waals surface area contributed by atoms with Gasteiger partial charge in [-0.15, -0.1) is 0 Å².